The molecular weight excluding hydrogens is 242 g/mol. The van der Waals surface area contributed by atoms with Gasteiger partial charge in [0.25, 0.3) is 0 Å². The van der Waals surface area contributed by atoms with Crippen LogP contribution in [0.25, 0.3) is 0 Å². The molecule has 0 spiro atoms. The van der Waals surface area contributed by atoms with Gasteiger partial charge in [0.05, 0.1) is 6.61 Å². The molecule has 0 fully saturated rings. The highest BCUT2D eigenvalue weighted by Gasteiger charge is 2.25. The summed E-state index contributed by atoms with van der Waals surface area (Å²) < 4.78 is 15.8. The van der Waals surface area contributed by atoms with E-state index in [2.05, 4.69) is 19.2 Å². The number of hydrogen-bond donors (Lipinski definition) is 1. The molecule has 0 unspecified atom stereocenters. The predicted molar refractivity (Wildman–Crippen MR) is 79.7 cm³/mol. The zero-order valence-electron chi connectivity index (χ0n) is 13.3. The highest BCUT2D eigenvalue weighted by molar-refractivity contribution is 4.79. The Hall–Kier alpha value is -0.160. The van der Waals surface area contributed by atoms with Crippen molar-refractivity contribution >= 4 is 0 Å². The third-order valence-corrected chi connectivity index (χ3v) is 3.90. The van der Waals surface area contributed by atoms with Crippen molar-refractivity contribution in [1.29, 1.82) is 0 Å². The summed E-state index contributed by atoms with van der Waals surface area (Å²) in [6, 6.07) is 0. The normalized spacial score (nSPS) is 12.0. The first-order chi connectivity index (χ1) is 9.24. The molecule has 0 aliphatic carbocycles. The molecule has 0 rings (SSSR count). The Labute approximate surface area is 119 Å². The molecule has 1 N–H and O–H groups in total. The SMILES string of the molecule is CCC(CC)(CCOCCCOC)CNCCOC. The van der Waals surface area contributed by atoms with Gasteiger partial charge in [-0.25, -0.2) is 0 Å². The summed E-state index contributed by atoms with van der Waals surface area (Å²) in [7, 11) is 3.47. The van der Waals surface area contributed by atoms with E-state index in [1.54, 1.807) is 14.2 Å². The fourth-order valence-electron chi connectivity index (χ4n) is 2.17. The van der Waals surface area contributed by atoms with Crippen molar-refractivity contribution in [2.24, 2.45) is 5.41 Å². The molecule has 0 aliphatic heterocycles. The van der Waals surface area contributed by atoms with E-state index in [1.807, 2.05) is 0 Å². The van der Waals surface area contributed by atoms with Crippen LogP contribution in [0.3, 0.4) is 0 Å². The summed E-state index contributed by atoms with van der Waals surface area (Å²) >= 11 is 0. The average molecular weight is 275 g/mol. The first kappa shape index (κ1) is 18.8. The molecule has 0 radical (unpaired) electrons. The molecule has 0 atom stereocenters. The van der Waals surface area contributed by atoms with Crippen LogP contribution >= 0.6 is 0 Å². The smallest absolute Gasteiger partial charge is 0.0587 e. The Balaban J connectivity index is 3.81. The summed E-state index contributed by atoms with van der Waals surface area (Å²) in [4.78, 5) is 0. The van der Waals surface area contributed by atoms with Crippen LogP contribution in [0.1, 0.15) is 39.5 Å². The van der Waals surface area contributed by atoms with E-state index in [0.29, 0.717) is 5.41 Å². The van der Waals surface area contributed by atoms with Gasteiger partial charge in [-0.15, -0.1) is 0 Å². The minimum atomic E-state index is 0.356. The molecule has 0 aromatic carbocycles. The van der Waals surface area contributed by atoms with Gasteiger partial charge in [-0.3, -0.25) is 0 Å². The molecule has 0 bridgehead atoms. The molecule has 0 aromatic rings. The second-order valence-electron chi connectivity index (χ2n) is 5.09. The maximum Gasteiger partial charge on any atom is 0.0587 e. The van der Waals surface area contributed by atoms with Gasteiger partial charge in [-0.1, -0.05) is 13.8 Å². The molecule has 0 aliphatic rings. The summed E-state index contributed by atoms with van der Waals surface area (Å²) in [6.07, 6.45) is 4.47. The van der Waals surface area contributed by atoms with Gasteiger partial charge in [0.15, 0.2) is 0 Å². The van der Waals surface area contributed by atoms with Gasteiger partial charge >= 0.3 is 0 Å². The summed E-state index contributed by atoms with van der Waals surface area (Å²) in [5.41, 5.74) is 0.356. The Morgan fingerprint density at radius 1 is 0.895 bits per heavy atom. The molecule has 4 nitrogen and oxygen atoms in total. The van der Waals surface area contributed by atoms with Crippen molar-refractivity contribution in [2.45, 2.75) is 39.5 Å². The molecule has 0 aromatic heterocycles. The van der Waals surface area contributed by atoms with Crippen molar-refractivity contribution in [3.05, 3.63) is 0 Å². The van der Waals surface area contributed by atoms with E-state index in [1.165, 1.54) is 12.8 Å². The topological polar surface area (TPSA) is 39.7 Å². The number of hydrogen-bond acceptors (Lipinski definition) is 4. The number of ether oxygens (including phenoxy) is 3. The fourth-order valence-corrected chi connectivity index (χ4v) is 2.17. The van der Waals surface area contributed by atoms with Crippen LogP contribution in [0.15, 0.2) is 0 Å². The maximum absolute atomic E-state index is 5.69. The van der Waals surface area contributed by atoms with Crippen molar-refractivity contribution in [3.63, 3.8) is 0 Å². The van der Waals surface area contributed by atoms with Crippen LogP contribution in [0.2, 0.25) is 0 Å². The van der Waals surface area contributed by atoms with Crippen LogP contribution in [0, 0.1) is 5.41 Å². The number of methoxy groups -OCH3 is 2. The Bertz CT molecular complexity index is 184. The van der Waals surface area contributed by atoms with E-state index >= 15 is 0 Å². The van der Waals surface area contributed by atoms with Gasteiger partial charge in [0, 0.05) is 47.1 Å². The second-order valence-corrected chi connectivity index (χ2v) is 5.09. The van der Waals surface area contributed by atoms with Crippen molar-refractivity contribution in [2.75, 3.05) is 53.7 Å². The van der Waals surface area contributed by atoms with Crippen LogP contribution < -0.4 is 5.32 Å². The molecule has 116 valence electrons. The van der Waals surface area contributed by atoms with Crippen molar-refractivity contribution in [1.82, 2.24) is 5.32 Å². The molecule has 4 heteroatoms. The third kappa shape index (κ3) is 9.38. The van der Waals surface area contributed by atoms with E-state index < -0.39 is 0 Å². The fraction of sp³-hybridized carbons (Fsp3) is 1.00. The van der Waals surface area contributed by atoms with E-state index in [9.17, 15) is 0 Å². The lowest BCUT2D eigenvalue weighted by Crippen LogP contribution is -2.36. The summed E-state index contributed by atoms with van der Waals surface area (Å²) in [6.45, 7) is 9.71. The quantitative estimate of drug-likeness (QED) is 0.494. The molecule has 0 amide bonds. The third-order valence-electron chi connectivity index (χ3n) is 3.90. The second kappa shape index (κ2) is 12.9. The Morgan fingerprint density at radius 2 is 1.58 bits per heavy atom. The highest BCUT2D eigenvalue weighted by Crippen LogP contribution is 2.29. The zero-order chi connectivity index (χ0) is 14.4. The lowest BCUT2D eigenvalue weighted by atomic mass is 9.79. The molecule has 0 saturated carbocycles. The van der Waals surface area contributed by atoms with Crippen LogP contribution in [0.4, 0.5) is 0 Å². The lowest BCUT2D eigenvalue weighted by molar-refractivity contribution is 0.0715. The number of rotatable bonds is 14. The highest BCUT2D eigenvalue weighted by atomic mass is 16.5. The van der Waals surface area contributed by atoms with Gasteiger partial charge in [0.1, 0.15) is 0 Å². The standard InChI is InChI=1S/C15H33NO3/c1-5-15(6-2,14-16-9-13-18-4)8-12-19-11-7-10-17-3/h16H,5-14H2,1-4H3. The molecule has 0 saturated heterocycles. The molecule has 0 heterocycles. The van der Waals surface area contributed by atoms with Gasteiger partial charge in [-0.05, 0) is 31.1 Å². The lowest BCUT2D eigenvalue weighted by Gasteiger charge is -2.32. The first-order valence-electron chi connectivity index (χ1n) is 7.51. The molecule has 19 heavy (non-hydrogen) atoms. The van der Waals surface area contributed by atoms with E-state index in [0.717, 1.165) is 52.4 Å². The van der Waals surface area contributed by atoms with E-state index in [4.69, 9.17) is 14.2 Å². The minimum Gasteiger partial charge on any atom is -0.385 e. The Kier molecular flexibility index (Phi) is 12.7. The van der Waals surface area contributed by atoms with E-state index in [-0.39, 0.29) is 0 Å². The maximum atomic E-state index is 5.69. The first-order valence-corrected chi connectivity index (χ1v) is 7.51. The summed E-state index contributed by atoms with van der Waals surface area (Å²) in [5, 5.41) is 3.49. The van der Waals surface area contributed by atoms with Crippen LogP contribution in [0.5, 0.6) is 0 Å². The zero-order valence-corrected chi connectivity index (χ0v) is 13.3. The van der Waals surface area contributed by atoms with Gasteiger partial charge in [-0.2, -0.15) is 0 Å². The minimum absolute atomic E-state index is 0.356. The average Bonchev–Trinajstić information content (AvgIpc) is 2.45. The van der Waals surface area contributed by atoms with Crippen LogP contribution in [-0.4, -0.2) is 53.7 Å². The monoisotopic (exact) mass is 275 g/mol. The predicted octanol–water partition coefficient (Wildman–Crippen LogP) is 2.47. The van der Waals surface area contributed by atoms with Crippen LogP contribution in [-0.2, 0) is 14.2 Å². The van der Waals surface area contributed by atoms with Gasteiger partial charge < -0.3 is 19.5 Å². The summed E-state index contributed by atoms with van der Waals surface area (Å²) in [5.74, 6) is 0. The van der Waals surface area contributed by atoms with Crippen molar-refractivity contribution < 1.29 is 14.2 Å². The molecular formula is C15H33NO3. The van der Waals surface area contributed by atoms with Crippen molar-refractivity contribution in [3.8, 4) is 0 Å². The largest absolute Gasteiger partial charge is 0.385 e. The number of nitrogens with one attached hydrogen (secondary N) is 1. The van der Waals surface area contributed by atoms with Gasteiger partial charge in [0.2, 0.25) is 0 Å². The Morgan fingerprint density at radius 3 is 2.16 bits per heavy atom.